The molecule has 0 aliphatic carbocycles. The van der Waals surface area contributed by atoms with Crippen LogP contribution in [0, 0.1) is 0 Å². The molecule has 0 amide bonds. The number of fused-ring (bicyclic) bond motifs is 1. The summed E-state index contributed by atoms with van der Waals surface area (Å²) in [4.78, 5) is 2.52. The van der Waals surface area contributed by atoms with E-state index in [4.69, 9.17) is 4.74 Å². The highest BCUT2D eigenvalue weighted by atomic mass is 16.5. The molecule has 0 aromatic heterocycles. The van der Waals surface area contributed by atoms with Crippen LogP contribution in [-0.4, -0.2) is 37.7 Å². The van der Waals surface area contributed by atoms with E-state index >= 15 is 0 Å². The van der Waals surface area contributed by atoms with Crippen molar-refractivity contribution >= 4 is 0 Å². The van der Waals surface area contributed by atoms with Gasteiger partial charge in [-0.1, -0.05) is 25.1 Å². The molecule has 0 spiro atoms. The first kappa shape index (κ1) is 12.4. The SMILES string of the molecule is CCC(CNC)N1CCOc2ccccc2C1. The zero-order chi connectivity index (χ0) is 12.1. The van der Waals surface area contributed by atoms with Crippen molar-refractivity contribution in [2.45, 2.75) is 25.9 Å². The number of likely N-dealkylation sites (N-methyl/N-ethyl adjacent to an activating group) is 1. The highest BCUT2D eigenvalue weighted by Crippen LogP contribution is 2.23. The predicted molar refractivity (Wildman–Crippen MR) is 70.4 cm³/mol. The van der Waals surface area contributed by atoms with Gasteiger partial charge in [-0.15, -0.1) is 0 Å². The molecule has 0 radical (unpaired) electrons. The molecule has 0 bridgehead atoms. The molecular weight excluding hydrogens is 212 g/mol. The van der Waals surface area contributed by atoms with Gasteiger partial charge in [-0.3, -0.25) is 4.90 Å². The van der Waals surface area contributed by atoms with Crippen LogP contribution >= 0.6 is 0 Å². The molecule has 1 aliphatic heterocycles. The second-order valence-electron chi connectivity index (χ2n) is 4.55. The van der Waals surface area contributed by atoms with Crippen LogP contribution in [-0.2, 0) is 6.54 Å². The van der Waals surface area contributed by atoms with E-state index in [0.29, 0.717) is 6.04 Å². The standard InChI is InChI=1S/C14H22N2O/c1-3-13(10-15-2)16-8-9-17-14-7-5-4-6-12(14)11-16/h4-7,13,15H,3,8-11H2,1-2H3. The largest absolute Gasteiger partial charge is 0.492 e. The molecule has 3 nitrogen and oxygen atoms in total. The second-order valence-corrected chi connectivity index (χ2v) is 4.55. The van der Waals surface area contributed by atoms with Crippen molar-refractivity contribution < 1.29 is 4.74 Å². The molecule has 1 N–H and O–H groups in total. The van der Waals surface area contributed by atoms with E-state index < -0.39 is 0 Å². The smallest absolute Gasteiger partial charge is 0.123 e. The van der Waals surface area contributed by atoms with Crippen molar-refractivity contribution in [3.63, 3.8) is 0 Å². The Hall–Kier alpha value is -1.06. The third-order valence-corrected chi connectivity index (χ3v) is 3.41. The average molecular weight is 234 g/mol. The summed E-state index contributed by atoms with van der Waals surface area (Å²) < 4.78 is 5.79. The Morgan fingerprint density at radius 1 is 1.41 bits per heavy atom. The molecule has 1 aromatic rings. The highest BCUT2D eigenvalue weighted by molar-refractivity contribution is 5.33. The molecule has 0 saturated carbocycles. The highest BCUT2D eigenvalue weighted by Gasteiger charge is 2.20. The minimum atomic E-state index is 0.592. The van der Waals surface area contributed by atoms with Crippen molar-refractivity contribution in [1.82, 2.24) is 10.2 Å². The van der Waals surface area contributed by atoms with Crippen LogP contribution in [0.5, 0.6) is 5.75 Å². The van der Waals surface area contributed by atoms with E-state index in [1.54, 1.807) is 0 Å². The van der Waals surface area contributed by atoms with E-state index in [1.165, 1.54) is 12.0 Å². The number of nitrogens with one attached hydrogen (secondary N) is 1. The quantitative estimate of drug-likeness (QED) is 0.861. The molecule has 0 saturated heterocycles. The number of nitrogens with zero attached hydrogens (tertiary/aromatic N) is 1. The van der Waals surface area contributed by atoms with Gasteiger partial charge >= 0.3 is 0 Å². The fraction of sp³-hybridized carbons (Fsp3) is 0.571. The number of benzene rings is 1. The lowest BCUT2D eigenvalue weighted by atomic mass is 10.1. The van der Waals surface area contributed by atoms with Gasteiger partial charge in [0.1, 0.15) is 12.4 Å². The van der Waals surface area contributed by atoms with Crippen molar-refractivity contribution in [1.29, 1.82) is 0 Å². The third-order valence-electron chi connectivity index (χ3n) is 3.41. The van der Waals surface area contributed by atoms with Crippen LogP contribution in [0.3, 0.4) is 0 Å². The molecule has 0 fully saturated rings. The molecule has 1 heterocycles. The number of para-hydroxylation sites is 1. The molecule has 3 heteroatoms. The van der Waals surface area contributed by atoms with Crippen LogP contribution in [0.25, 0.3) is 0 Å². The first-order chi connectivity index (χ1) is 8.35. The summed E-state index contributed by atoms with van der Waals surface area (Å²) >= 11 is 0. The lowest BCUT2D eigenvalue weighted by molar-refractivity contribution is 0.163. The first-order valence-corrected chi connectivity index (χ1v) is 6.44. The van der Waals surface area contributed by atoms with Crippen molar-refractivity contribution in [3.05, 3.63) is 29.8 Å². The van der Waals surface area contributed by atoms with E-state index in [1.807, 2.05) is 13.1 Å². The molecule has 1 aromatic carbocycles. The van der Waals surface area contributed by atoms with E-state index in [-0.39, 0.29) is 0 Å². The van der Waals surface area contributed by atoms with Gasteiger partial charge in [-0.2, -0.15) is 0 Å². The number of rotatable bonds is 4. The van der Waals surface area contributed by atoms with Gasteiger partial charge < -0.3 is 10.1 Å². The monoisotopic (exact) mass is 234 g/mol. The zero-order valence-corrected chi connectivity index (χ0v) is 10.8. The van der Waals surface area contributed by atoms with Crippen LogP contribution in [0.1, 0.15) is 18.9 Å². The van der Waals surface area contributed by atoms with Gasteiger partial charge in [0.2, 0.25) is 0 Å². The van der Waals surface area contributed by atoms with E-state index in [9.17, 15) is 0 Å². The second kappa shape index (κ2) is 6.03. The van der Waals surface area contributed by atoms with Crippen LogP contribution in [0.2, 0.25) is 0 Å². The fourth-order valence-corrected chi connectivity index (χ4v) is 2.42. The first-order valence-electron chi connectivity index (χ1n) is 6.44. The topological polar surface area (TPSA) is 24.5 Å². The fourth-order valence-electron chi connectivity index (χ4n) is 2.42. The number of ether oxygens (including phenoxy) is 1. The van der Waals surface area contributed by atoms with Crippen molar-refractivity contribution in [3.8, 4) is 5.75 Å². The Balaban J connectivity index is 2.11. The molecule has 1 aliphatic rings. The Kier molecular flexibility index (Phi) is 4.40. The van der Waals surface area contributed by atoms with Gasteiger partial charge in [0, 0.05) is 31.2 Å². The Bertz CT molecular complexity index is 354. The molecule has 17 heavy (non-hydrogen) atoms. The van der Waals surface area contributed by atoms with Gasteiger partial charge in [0.15, 0.2) is 0 Å². The summed E-state index contributed by atoms with van der Waals surface area (Å²) in [5.74, 6) is 1.05. The maximum Gasteiger partial charge on any atom is 0.123 e. The Morgan fingerprint density at radius 2 is 2.24 bits per heavy atom. The summed E-state index contributed by atoms with van der Waals surface area (Å²) in [6, 6.07) is 8.96. The Morgan fingerprint density at radius 3 is 3.00 bits per heavy atom. The molecule has 94 valence electrons. The van der Waals surface area contributed by atoms with Gasteiger partial charge in [-0.05, 0) is 19.5 Å². The van der Waals surface area contributed by atoms with Crippen LogP contribution < -0.4 is 10.1 Å². The van der Waals surface area contributed by atoms with E-state index in [2.05, 4.69) is 35.3 Å². The van der Waals surface area contributed by atoms with Gasteiger partial charge in [-0.25, -0.2) is 0 Å². The minimum Gasteiger partial charge on any atom is -0.492 e. The van der Waals surface area contributed by atoms with E-state index in [0.717, 1.165) is 32.0 Å². The number of hydrogen-bond acceptors (Lipinski definition) is 3. The average Bonchev–Trinajstić information content (AvgIpc) is 2.57. The molecule has 2 rings (SSSR count). The van der Waals surface area contributed by atoms with Gasteiger partial charge in [0.05, 0.1) is 0 Å². The maximum absolute atomic E-state index is 5.79. The summed E-state index contributed by atoms with van der Waals surface area (Å²) in [6.07, 6.45) is 1.17. The maximum atomic E-state index is 5.79. The third kappa shape index (κ3) is 2.99. The van der Waals surface area contributed by atoms with Crippen LogP contribution in [0.4, 0.5) is 0 Å². The van der Waals surface area contributed by atoms with Gasteiger partial charge in [0.25, 0.3) is 0 Å². The molecule has 1 atom stereocenters. The lowest BCUT2D eigenvalue weighted by Gasteiger charge is -2.29. The minimum absolute atomic E-state index is 0.592. The lowest BCUT2D eigenvalue weighted by Crippen LogP contribution is -2.41. The molecular formula is C14H22N2O. The predicted octanol–water partition coefficient (Wildman–Crippen LogP) is 1.88. The number of hydrogen-bond donors (Lipinski definition) is 1. The van der Waals surface area contributed by atoms with Crippen molar-refractivity contribution in [2.75, 3.05) is 26.7 Å². The van der Waals surface area contributed by atoms with Crippen LogP contribution in [0.15, 0.2) is 24.3 Å². The summed E-state index contributed by atoms with van der Waals surface area (Å²) in [5, 5.41) is 3.28. The summed E-state index contributed by atoms with van der Waals surface area (Å²) in [6.45, 7) is 6.08. The summed E-state index contributed by atoms with van der Waals surface area (Å²) in [5.41, 5.74) is 1.31. The zero-order valence-electron chi connectivity index (χ0n) is 10.8. The van der Waals surface area contributed by atoms with Crippen molar-refractivity contribution in [2.24, 2.45) is 0 Å². The molecule has 1 unspecified atom stereocenters. The summed E-state index contributed by atoms with van der Waals surface area (Å²) in [7, 11) is 2.02. The Labute approximate surface area is 104 Å². The normalized spacial score (nSPS) is 18.0.